The fraction of sp³-hybridized carbons (Fsp3) is 0.412. The van der Waals surface area contributed by atoms with E-state index in [1.165, 1.54) is 67.5 Å². The third-order valence-electron chi connectivity index (χ3n) is 3.88. The van der Waals surface area contributed by atoms with Crippen LogP contribution in [0.3, 0.4) is 0 Å². The van der Waals surface area contributed by atoms with Crippen molar-refractivity contribution >= 4 is 11.8 Å². The van der Waals surface area contributed by atoms with E-state index in [2.05, 4.69) is 41.7 Å². The van der Waals surface area contributed by atoms with E-state index in [4.69, 9.17) is 0 Å². The summed E-state index contributed by atoms with van der Waals surface area (Å²) in [5, 5.41) is 3.65. The van der Waals surface area contributed by atoms with Gasteiger partial charge in [-0.25, -0.2) is 0 Å². The molecule has 3 rings (SSSR count). The molecule has 2 aliphatic carbocycles. The van der Waals surface area contributed by atoms with E-state index in [0.29, 0.717) is 0 Å². The van der Waals surface area contributed by atoms with Crippen molar-refractivity contribution in [2.45, 2.75) is 44.9 Å². The van der Waals surface area contributed by atoms with Crippen molar-refractivity contribution in [3.63, 3.8) is 0 Å². The Morgan fingerprint density at radius 1 is 0.944 bits per heavy atom. The average Bonchev–Trinajstić information content (AvgIpc) is 2.66. The molecule has 0 bridgehead atoms. The molecule has 1 aromatic carbocycles. The number of hydrogen-bond acceptors (Lipinski definition) is 1. The highest BCUT2D eigenvalue weighted by Crippen LogP contribution is 2.28. The lowest BCUT2D eigenvalue weighted by Gasteiger charge is -2.18. The first-order valence-electron chi connectivity index (χ1n) is 7.18. The van der Waals surface area contributed by atoms with Crippen molar-refractivity contribution < 1.29 is 0 Å². The molecule has 2 aliphatic rings. The third-order valence-corrected chi connectivity index (χ3v) is 3.88. The summed E-state index contributed by atoms with van der Waals surface area (Å²) < 4.78 is 0. The summed E-state index contributed by atoms with van der Waals surface area (Å²) in [6, 6.07) is 6.67. The Hall–Kier alpha value is -1.50. The lowest BCUT2D eigenvalue weighted by molar-refractivity contribution is 0.704. The maximum absolute atomic E-state index is 3.65. The zero-order valence-corrected chi connectivity index (χ0v) is 10.9. The van der Waals surface area contributed by atoms with Crippen molar-refractivity contribution in [3.8, 4) is 0 Å². The van der Waals surface area contributed by atoms with E-state index in [9.17, 15) is 0 Å². The summed E-state index contributed by atoms with van der Waals surface area (Å²) in [6.45, 7) is 0. The van der Waals surface area contributed by atoms with Crippen LogP contribution in [0, 0.1) is 0 Å². The molecule has 0 aromatic heterocycles. The SMILES string of the molecule is C1=Cc2c(cccc2NC2=CCCCC2)CCC1. The van der Waals surface area contributed by atoms with Gasteiger partial charge in [-0.1, -0.05) is 30.4 Å². The number of anilines is 1. The molecular weight excluding hydrogens is 218 g/mol. The molecule has 1 heteroatoms. The lowest BCUT2D eigenvalue weighted by atomic mass is 10.0. The van der Waals surface area contributed by atoms with Crippen LogP contribution in [0.15, 0.2) is 36.0 Å². The highest BCUT2D eigenvalue weighted by atomic mass is 14.9. The summed E-state index contributed by atoms with van der Waals surface area (Å²) in [6.07, 6.45) is 15.8. The van der Waals surface area contributed by atoms with E-state index in [1.54, 1.807) is 0 Å². The van der Waals surface area contributed by atoms with Crippen LogP contribution < -0.4 is 5.32 Å². The molecule has 0 unspecified atom stereocenters. The lowest BCUT2D eigenvalue weighted by Crippen LogP contribution is -2.05. The predicted octanol–water partition coefficient (Wildman–Crippen LogP) is 4.91. The number of benzene rings is 1. The molecule has 1 nitrogen and oxygen atoms in total. The second-order valence-electron chi connectivity index (χ2n) is 5.27. The van der Waals surface area contributed by atoms with Crippen LogP contribution in [0.1, 0.15) is 49.7 Å². The quantitative estimate of drug-likeness (QED) is 0.773. The fourth-order valence-corrected chi connectivity index (χ4v) is 2.87. The maximum atomic E-state index is 3.65. The monoisotopic (exact) mass is 239 g/mol. The largest absolute Gasteiger partial charge is 0.359 e. The molecule has 0 saturated carbocycles. The normalized spacial score (nSPS) is 18.8. The molecule has 94 valence electrons. The van der Waals surface area contributed by atoms with Gasteiger partial charge in [0, 0.05) is 16.9 Å². The van der Waals surface area contributed by atoms with Crippen LogP contribution >= 0.6 is 0 Å². The molecule has 0 saturated heterocycles. The van der Waals surface area contributed by atoms with Gasteiger partial charge in [-0.05, 0) is 56.6 Å². The van der Waals surface area contributed by atoms with Crippen LogP contribution in [0.5, 0.6) is 0 Å². The van der Waals surface area contributed by atoms with Gasteiger partial charge in [-0.15, -0.1) is 0 Å². The summed E-state index contributed by atoms with van der Waals surface area (Å²) in [7, 11) is 0. The Labute approximate surface area is 110 Å². The summed E-state index contributed by atoms with van der Waals surface area (Å²) in [4.78, 5) is 0. The Morgan fingerprint density at radius 3 is 2.83 bits per heavy atom. The number of nitrogens with one attached hydrogen (secondary N) is 1. The summed E-state index contributed by atoms with van der Waals surface area (Å²) in [5.41, 5.74) is 5.60. The molecular formula is C17H21N. The van der Waals surface area contributed by atoms with Crippen LogP contribution in [-0.4, -0.2) is 0 Å². The zero-order valence-electron chi connectivity index (χ0n) is 10.9. The van der Waals surface area contributed by atoms with Crippen LogP contribution in [0.4, 0.5) is 5.69 Å². The molecule has 1 aromatic rings. The van der Waals surface area contributed by atoms with Gasteiger partial charge in [0.2, 0.25) is 0 Å². The number of rotatable bonds is 2. The van der Waals surface area contributed by atoms with Crippen molar-refractivity contribution in [1.29, 1.82) is 0 Å². The minimum absolute atomic E-state index is 1.20. The Kier molecular flexibility index (Phi) is 3.49. The summed E-state index contributed by atoms with van der Waals surface area (Å²) in [5.74, 6) is 0. The van der Waals surface area contributed by atoms with Crippen LogP contribution in [0.2, 0.25) is 0 Å². The van der Waals surface area contributed by atoms with Gasteiger partial charge in [-0.2, -0.15) is 0 Å². The van der Waals surface area contributed by atoms with Crippen LogP contribution in [-0.2, 0) is 6.42 Å². The van der Waals surface area contributed by atoms with Gasteiger partial charge >= 0.3 is 0 Å². The predicted molar refractivity (Wildman–Crippen MR) is 78.6 cm³/mol. The molecule has 0 fully saturated rings. The molecule has 0 heterocycles. The number of hydrogen-bond donors (Lipinski definition) is 1. The van der Waals surface area contributed by atoms with Crippen molar-refractivity contribution in [2.24, 2.45) is 0 Å². The average molecular weight is 239 g/mol. The highest BCUT2D eigenvalue weighted by molar-refractivity contribution is 5.71. The van der Waals surface area contributed by atoms with Crippen molar-refractivity contribution in [1.82, 2.24) is 0 Å². The van der Waals surface area contributed by atoms with Gasteiger partial charge in [0.05, 0.1) is 0 Å². The molecule has 0 atom stereocenters. The molecule has 0 aliphatic heterocycles. The minimum atomic E-state index is 1.20. The van der Waals surface area contributed by atoms with E-state index in [-0.39, 0.29) is 0 Å². The van der Waals surface area contributed by atoms with E-state index >= 15 is 0 Å². The van der Waals surface area contributed by atoms with Crippen molar-refractivity contribution in [2.75, 3.05) is 5.32 Å². The highest BCUT2D eigenvalue weighted by Gasteiger charge is 2.10. The van der Waals surface area contributed by atoms with E-state index < -0.39 is 0 Å². The Morgan fingerprint density at radius 2 is 1.94 bits per heavy atom. The Balaban J connectivity index is 1.89. The van der Waals surface area contributed by atoms with E-state index in [1.807, 2.05) is 0 Å². The fourth-order valence-electron chi connectivity index (χ4n) is 2.87. The molecule has 0 spiro atoms. The number of allylic oxidation sites excluding steroid dienone is 3. The topological polar surface area (TPSA) is 12.0 Å². The number of aryl methyl sites for hydroxylation is 1. The van der Waals surface area contributed by atoms with Gasteiger partial charge in [0.25, 0.3) is 0 Å². The van der Waals surface area contributed by atoms with Crippen molar-refractivity contribution in [3.05, 3.63) is 47.2 Å². The standard InChI is InChI=1S/C17H21N/c1-3-8-14-9-7-13-17(16(14)12-6-1)18-15-10-4-2-5-11-15/h6-7,9-10,12-13,18H,1-5,8,11H2. The van der Waals surface area contributed by atoms with Crippen LogP contribution in [0.25, 0.3) is 6.08 Å². The first kappa shape index (κ1) is 11.6. The second-order valence-corrected chi connectivity index (χ2v) is 5.27. The second kappa shape index (κ2) is 5.43. The zero-order chi connectivity index (χ0) is 12.2. The van der Waals surface area contributed by atoms with Gasteiger partial charge in [-0.3, -0.25) is 0 Å². The maximum Gasteiger partial charge on any atom is 0.0458 e. The smallest absolute Gasteiger partial charge is 0.0458 e. The first-order valence-corrected chi connectivity index (χ1v) is 7.18. The minimum Gasteiger partial charge on any atom is -0.359 e. The van der Waals surface area contributed by atoms with Gasteiger partial charge in [0.1, 0.15) is 0 Å². The molecule has 0 radical (unpaired) electrons. The summed E-state index contributed by atoms with van der Waals surface area (Å²) >= 11 is 0. The van der Waals surface area contributed by atoms with E-state index in [0.717, 1.165) is 0 Å². The first-order chi connectivity index (χ1) is 8.93. The third kappa shape index (κ3) is 2.50. The Bertz CT molecular complexity index is 482. The molecule has 0 amide bonds. The molecule has 1 N–H and O–H groups in total. The van der Waals surface area contributed by atoms with Gasteiger partial charge in [0.15, 0.2) is 0 Å². The number of fused-ring (bicyclic) bond motifs is 1. The molecule has 18 heavy (non-hydrogen) atoms. The van der Waals surface area contributed by atoms with Gasteiger partial charge < -0.3 is 5.32 Å².